The molecular weight excluding hydrogens is 406 g/mol. The Morgan fingerprint density at radius 2 is 1.97 bits per heavy atom. The van der Waals surface area contributed by atoms with Crippen LogP contribution in [0.25, 0.3) is 11.3 Å². The lowest BCUT2D eigenvalue weighted by atomic mass is 10.1. The highest BCUT2D eigenvalue weighted by molar-refractivity contribution is 5.94. The Hall–Kier alpha value is -4.46. The molecule has 160 valence electrons. The molecule has 4 rings (SSSR count). The quantitative estimate of drug-likeness (QED) is 0.329. The molecule has 2 aromatic carbocycles. The number of carbonyl (C=O) groups excluding carboxylic acids is 1. The average molecular weight is 427 g/mol. The molecule has 2 N–H and O–H groups in total. The highest BCUT2D eigenvalue weighted by Crippen LogP contribution is 2.32. The minimum Gasteiger partial charge on any atom is -0.493 e. The Bertz CT molecular complexity index is 1210. The maximum absolute atomic E-state index is 12.3. The summed E-state index contributed by atoms with van der Waals surface area (Å²) in [5.41, 5.74) is 5.96. The number of aromatic amines is 1. The fourth-order valence-corrected chi connectivity index (χ4v) is 2.95. The number of nitrogens with one attached hydrogen (secondary N) is 2. The molecule has 0 aliphatic heterocycles. The molecule has 2 aromatic heterocycles. The van der Waals surface area contributed by atoms with Crippen LogP contribution in [0.5, 0.6) is 11.5 Å². The van der Waals surface area contributed by atoms with Crippen LogP contribution in [0.4, 0.5) is 0 Å². The minimum absolute atomic E-state index is 0.284. The number of carbonyl (C=O) groups is 1. The first-order valence-corrected chi connectivity index (χ1v) is 9.87. The van der Waals surface area contributed by atoms with Crippen molar-refractivity contribution >= 4 is 12.1 Å². The Balaban J connectivity index is 1.42. The predicted molar refractivity (Wildman–Crippen MR) is 121 cm³/mol. The Morgan fingerprint density at radius 3 is 2.75 bits per heavy atom. The van der Waals surface area contributed by atoms with E-state index in [2.05, 4.69) is 25.7 Å². The van der Waals surface area contributed by atoms with Gasteiger partial charge in [0.05, 0.1) is 19.0 Å². The summed E-state index contributed by atoms with van der Waals surface area (Å²) in [6, 6.07) is 20.7. The number of hydrogen-bond acceptors (Lipinski definition) is 6. The molecule has 8 nitrogen and oxygen atoms in total. The molecule has 0 saturated heterocycles. The maximum Gasteiger partial charge on any atom is 0.289 e. The summed E-state index contributed by atoms with van der Waals surface area (Å²) in [6.45, 7) is 0.433. The number of amides is 1. The highest BCUT2D eigenvalue weighted by atomic mass is 16.5. The molecule has 4 aromatic rings. The third-order valence-corrected chi connectivity index (χ3v) is 4.58. The van der Waals surface area contributed by atoms with Crippen LogP contribution in [0.15, 0.2) is 84.2 Å². The number of nitrogens with zero attached hydrogens (tertiary/aromatic N) is 3. The van der Waals surface area contributed by atoms with Crippen LogP contribution in [0, 0.1) is 0 Å². The largest absolute Gasteiger partial charge is 0.493 e. The van der Waals surface area contributed by atoms with Crippen molar-refractivity contribution in [1.29, 1.82) is 0 Å². The van der Waals surface area contributed by atoms with Crippen molar-refractivity contribution in [3.8, 4) is 22.8 Å². The Morgan fingerprint density at radius 1 is 1.09 bits per heavy atom. The molecule has 0 bridgehead atoms. The van der Waals surface area contributed by atoms with E-state index < -0.39 is 5.91 Å². The molecule has 0 fully saturated rings. The van der Waals surface area contributed by atoms with E-state index in [0.29, 0.717) is 23.8 Å². The lowest BCUT2D eigenvalue weighted by Gasteiger charge is -2.11. The summed E-state index contributed by atoms with van der Waals surface area (Å²) in [5.74, 6) is 0.797. The van der Waals surface area contributed by atoms with Crippen LogP contribution in [0.1, 0.15) is 21.6 Å². The fourth-order valence-electron chi connectivity index (χ4n) is 2.95. The van der Waals surface area contributed by atoms with Gasteiger partial charge in [-0.1, -0.05) is 36.4 Å². The van der Waals surface area contributed by atoms with Crippen LogP contribution >= 0.6 is 0 Å². The summed E-state index contributed by atoms with van der Waals surface area (Å²) < 4.78 is 11.4. The highest BCUT2D eigenvalue weighted by Gasteiger charge is 2.13. The second kappa shape index (κ2) is 10.0. The molecule has 32 heavy (non-hydrogen) atoms. The normalized spacial score (nSPS) is 10.8. The Labute approximate surface area is 184 Å². The van der Waals surface area contributed by atoms with Crippen LogP contribution < -0.4 is 14.9 Å². The van der Waals surface area contributed by atoms with E-state index in [4.69, 9.17) is 9.47 Å². The van der Waals surface area contributed by atoms with Crippen molar-refractivity contribution in [2.75, 3.05) is 7.11 Å². The van der Waals surface area contributed by atoms with Gasteiger partial charge in [-0.3, -0.25) is 14.9 Å². The molecular formula is C24H21N5O3. The second-order valence-electron chi connectivity index (χ2n) is 6.79. The molecule has 0 spiro atoms. The summed E-state index contributed by atoms with van der Waals surface area (Å²) in [4.78, 5) is 16.3. The third-order valence-electron chi connectivity index (χ3n) is 4.58. The minimum atomic E-state index is -0.404. The number of aromatic nitrogens is 3. The zero-order chi connectivity index (χ0) is 22.2. The number of pyridine rings is 1. The van der Waals surface area contributed by atoms with Crippen LogP contribution in [0.2, 0.25) is 0 Å². The topological polar surface area (TPSA) is 101 Å². The van der Waals surface area contributed by atoms with Gasteiger partial charge in [0.15, 0.2) is 11.5 Å². The fraction of sp³-hybridized carbons (Fsp3) is 0.0833. The van der Waals surface area contributed by atoms with E-state index in [1.165, 1.54) is 6.21 Å². The summed E-state index contributed by atoms with van der Waals surface area (Å²) in [6.07, 6.45) is 4.82. The standard InChI is InChI=1S/C24H21N5O3/c1-31-23-12-19(9-10-22(23)32-16-17-6-3-2-4-7-17)20-13-21(28-27-20)24(30)29-26-15-18-8-5-11-25-14-18/h2-15H,16H2,1H3,(H,27,28)(H,29,30). The van der Waals surface area contributed by atoms with E-state index in [-0.39, 0.29) is 5.69 Å². The monoisotopic (exact) mass is 427 g/mol. The molecule has 8 heteroatoms. The number of hydrazone groups is 1. The van der Waals surface area contributed by atoms with Crippen LogP contribution in [-0.4, -0.2) is 34.4 Å². The van der Waals surface area contributed by atoms with Crippen molar-refractivity contribution in [2.45, 2.75) is 6.61 Å². The summed E-state index contributed by atoms with van der Waals surface area (Å²) in [5, 5.41) is 10.9. The van der Waals surface area contributed by atoms with Gasteiger partial charge in [0, 0.05) is 23.5 Å². The third kappa shape index (κ3) is 5.17. The smallest absolute Gasteiger partial charge is 0.289 e. The summed E-state index contributed by atoms with van der Waals surface area (Å²) >= 11 is 0. The first kappa shape index (κ1) is 20.8. The second-order valence-corrected chi connectivity index (χ2v) is 6.79. The van der Waals surface area contributed by atoms with Gasteiger partial charge in [-0.05, 0) is 35.9 Å². The maximum atomic E-state index is 12.3. The van der Waals surface area contributed by atoms with Crippen molar-refractivity contribution < 1.29 is 14.3 Å². The lowest BCUT2D eigenvalue weighted by Crippen LogP contribution is -2.18. The zero-order valence-electron chi connectivity index (χ0n) is 17.4. The number of hydrogen-bond donors (Lipinski definition) is 2. The van der Waals surface area contributed by atoms with E-state index >= 15 is 0 Å². The van der Waals surface area contributed by atoms with Gasteiger partial charge in [0.2, 0.25) is 0 Å². The number of ether oxygens (including phenoxy) is 2. The van der Waals surface area contributed by atoms with Gasteiger partial charge in [-0.15, -0.1) is 0 Å². The first-order valence-electron chi connectivity index (χ1n) is 9.87. The van der Waals surface area contributed by atoms with Crippen molar-refractivity contribution in [3.05, 3.63) is 95.9 Å². The van der Waals surface area contributed by atoms with E-state index in [1.807, 2.05) is 54.6 Å². The van der Waals surface area contributed by atoms with Crippen molar-refractivity contribution in [2.24, 2.45) is 5.10 Å². The molecule has 0 atom stereocenters. The number of H-pyrrole nitrogens is 1. The zero-order valence-corrected chi connectivity index (χ0v) is 17.4. The van der Waals surface area contributed by atoms with Crippen LogP contribution in [-0.2, 0) is 6.61 Å². The number of benzene rings is 2. The summed E-state index contributed by atoms with van der Waals surface area (Å²) in [7, 11) is 1.58. The van der Waals surface area contributed by atoms with Gasteiger partial charge in [-0.25, -0.2) is 5.43 Å². The SMILES string of the molecule is COc1cc(-c2cc(C(=O)NN=Cc3cccnc3)[nH]n2)ccc1OCc1ccccc1. The predicted octanol–water partition coefficient (Wildman–Crippen LogP) is 3.82. The molecule has 0 aliphatic rings. The van der Waals surface area contributed by atoms with Crippen molar-refractivity contribution in [3.63, 3.8) is 0 Å². The van der Waals surface area contributed by atoms with Crippen molar-refractivity contribution in [1.82, 2.24) is 20.6 Å². The van der Waals surface area contributed by atoms with Gasteiger partial charge >= 0.3 is 0 Å². The average Bonchev–Trinajstić information content (AvgIpc) is 3.34. The van der Waals surface area contributed by atoms with Crippen LogP contribution in [0.3, 0.4) is 0 Å². The molecule has 0 radical (unpaired) electrons. The van der Waals surface area contributed by atoms with E-state index in [9.17, 15) is 4.79 Å². The van der Waals surface area contributed by atoms with E-state index in [1.54, 1.807) is 31.6 Å². The van der Waals surface area contributed by atoms with Gasteiger partial charge in [-0.2, -0.15) is 10.2 Å². The molecule has 2 heterocycles. The Kier molecular flexibility index (Phi) is 6.52. The first-order chi connectivity index (χ1) is 15.7. The van der Waals surface area contributed by atoms with E-state index in [0.717, 1.165) is 16.7 Å². The molecule has 0 aliphatic carbocycles. The lowest BCUT2D eigenvalue weighted by molar-refractivity contribution is 0.0950. The molecule has 0 saturated carbocycles. The van der Waals surface area contributed by atoms with Gasteiger partial charge in [0.25, 0.3) is 5.91 Å². The molecule has 0 unspecified atom stereocenters. The number of rotatable bonds is 8. The van der Waals surface area contributed by atoms with Gasteiger partial charge < -0.3 is 9.47 Å². The van der Waals surface area contributed by atoms with Gasteiger partial charge in [0.1, 0.15) is 12.3 Å². The molecule has 1 amide bonds. The number of methoxy groups -OCH3 is 1.